The molecule has 2 aromatic rings. The number of halogens is 1. The van der Waals surface area contributed by atoms with Crippen molar-refractivity contribution in [2.45, 2.75) is 32.7 Å². The van der Waals surface area contributed by atoms with Crippen LogP contribution in [0.2, 0.25) is 0 Å². The highest BCUT2D eigenvalue weighted by Gasteiger charge is 2.16. The molecule has 0 amide bonds. The van der Waals surface area contributed by atoms with Crippen LogP contribution in [0.25, 0.3) is 0 Å². The Hall–Kier alpha value is -1.59. The van der Waals surface area contributed by atoms with Gasteiger partial charge in [0.2, 0.25) is 0 Å². The number of nitrogens with zero attached hydrogens (tertiary/aromatic N) is 4. The highest BCUT2D eigenvalue weighted by atomic mass is 127. The maximum atomic E-state index is 5.25. The van der Waals surface area contributed by atoms with Gasteiger partial charge in [-0.2, -0.15) is 0 Å². The van der Waals surface area contributed by atoms with Gasteiger partial charge in [-0.3, -0.25) is 9.89 Å². The summed E-state index contributed by atoms with van der Waals surface area (Å²) < 4.78 is 5.25. The number of thiazole rings is 1. The van der Waals surface area contributed by atoms with E-state index in [-0.39, 0.29) is 24.0 Å². The van der Waals surface area contributed by atoms with Crippen LogP contribution in [-0.4, -0.2) is 69.3 Å². The maximum Gasteiger partial charge on any atom is 0.191 e. The molecular weight excluding hydrogens is 535 g/mol. The first-order valence-corrected chi connectivity index (χ1v) is 12.0. The molecule has 1 saturated heterocycles. The van der Waals surface area contributed by atoms with E-state index in [4.69, 9.17) is 4.74 Å². The van der Waals surface area contributed by atoms with Gasteiger partial charge in [0.15, 0.2) is 5.96 Å². The average Bonchev–Trinajstić information content (AvgIpc) is 3.29. The van der Waals surface area contributed by atoms with Gasteiger partial charge in [-0.25, -0.2) is 4.98 Å². The van der Waals surface area contributed by atoms with Gasteiger partial charge in [0.05, 0.1) is 19.3 Å². The molecule has 178 valence electrons. The van der Waals surface area contributed by atoms with Crippen LogP contribution in [0, 0.1) is 0 Å². The van der Waals surface area contributed by atoms with Gasteiger partial charge in [-0.1, -0.05) is 13.8 Å². The summed E-state index contributed by atoms with van der Waals surface area (Å²) in [5, 5.41) is 10.0. The van der Waals surface area contributed by atoms with Gasteiger partial charge in [0, 0.05) is 50.8 Å². The van der Waals surface area contributed by atoms with Gasteiger partial charge in [0.1, 0.15) is 10.8 Å². The second-order valence-electron chi connectivity index (χ2n) is 8.05. The molecule has 32 heavy (non-hydrogen) atoms. The monoisotopic (exact) mass is 572 g/mol. The van der Waals surface area contributed by atoms with Crippen molar-refractivity contribution in [2.24, 2.45) is 4.99 Å². The van der Waals surface area contributed by atoms with Crippen molar-refractivity contribution >= 4 is 47.0 Å². The molecule has 1 aliphatic rings. The normalized spacial score (nSPS) is 14.9. The lowest BCUT2D eigenvalue weighted by molar-refractivity contribution is 0.255. The molecule has 0 unspecified atom stereocenters. The molecule has 1 fully saturated rings. The van der Waals surface area contributed by atoms with Gasteiger partial charge in [-0.15, -0.1) is 35.3 Å². The number of rotatable bonds is 9. The second kappa shape index (κ2) is 13.8. The minimum Gasteiger partial charge on any atom is -0.497 e. The summed E-state index contributed by atoms with van der Waals surface area (Å²) in [5.41, 5.74) is 2.44. The van der Waals surface area contributed by atoms with E-state index >= 15 is 0 Å². The topological polar surface area (TPSA) is 65.0 Å². The molecular formula is C23H37IN6OS. The van der Waals surface area contributed by atoms with Gasteiger partial charge in [-0.05, 0) is 43.1 Å². The van der Waals surface area contributed by atoms with E-state index < -0.39 is 0 Å². The SMILES string of the molecule is CN=C(NCCCN1CCN(c2ccc(OC)cc2)CC1)NCc1nc(C(C)C)cs1.I. The zero-order valence-corrected chi connectivity index (χ0v) is 22.8. The third kappa shape index (κ3) is 8.08. The number of nitrogens with one attached hydrogen (secondary N) is 2. The number of piperazine rings is 1. The molecule has 0 atom stereocenters. The number of aromatic nitrogens is 1. The predicted molar refractivity (Wildman–Crippen MR) is 146 cm³/mol. The minimum atomic E-state index is 0. The predicted octanol–water partition coefficient (Wildman–Crippen LogP) is 3.77. The van der Waals surface area contributed by atoms with E-state index in [1.54, 1.807) is 18.4 Å². The van der Waals surface area contributed by atoms with Crippen LogP contribution in [0.15, 0.2) is 34.6 Å². The smallest absolute Gasteiger partial charge is 0.191 e. The van der Waals surface area contributed by atoms with Gasteiger partial charge >= 0.3 is 0 Å². The van der Waals surface area contributed by atoms with E-state index in [9.17, 15) is 0 Å². The lowest BCUT2D eigenvalue weighted by Gasteiger charge is -2.36. The molecule has 0 saturated carbocycles. The van der Waals surface area contributed by atoms with Gasteiger partial charge < -0.3 is 20.3 Å². The first kappa shape index (κ1) is 26.7. The van der Waals surface area contributed by atoms with Crippen molar-refractivity contribution in [3.8, 4) is 5.75 Å². The van der Waals surface area contributed by atoms with Crippen LogP contribution in [0.4, 0.5) is 5.69 Å². The molecule has 9 heteroatoms. The van der Waals surface area contributed by atoms with Crippen LogP contribution in [0.3, 0.4) is 0 Å². The van der Waals surface area contributed by atoms with Crippen LogP contribution in [0.1, 0.15) is 36.9 Å². The highest BCUT2D eigenvalue weighted by Crippen LogP contribution is 2.20. The second-order valence-corrected chi connectivity index (χ2v) is 9.00. The zero-order valence-electron chi connectivity index (χ0n) is 19.6. The van der Waals surface area contributed by atoms with Crippen molar-refractivity contribution in [3.63, 3.8) is 0 Å². The Morgan fingerprint density at radius 3 is 2.47 bits per heavy atom. The maximum absolute atomic E-state index is 5.25. The first-order chi connectivity index (χ1) is 15.1. The molecule has 1 aliphatic heterocycles. The van der Waals surface area contributed by atoms with E-state index in [0.717, 1.165) is 68.1 Å². The summed E-state index contributed by atoms with van der Waals surface area (Å²) in [7, 11) is 3.52. The van der Waals surface area contributed by atoms with E-state index in [2.05, 4.69) is 61.8 Å². The van der Waals surface area contributed by atoms with Crippen molar-refractivity contribution in [2.75, 3.05) is 58.3 Å². The quantitative estimate of drug-likeness (QED) is 0.207. The van der Waals surface area contributed by atoms with Crippen molar-refractivity contribution in [3.05, 3.63) is 40.3 Å². The Morgan fingerprint density at radius 1 is 1.16 bits per heavy atom. The first-order valence-electron chi connectivity index (χ1n) is 11.1. The number of benzene rings is 1. The van der Waals surface area contributed by atoms with Crippen molar-refractivity contribution < 1.29 is 4.74 Å². The Morgan fingerprint density at radius 2 is 1.88 bits per heavy atom. The van der Waals surface area contributed by atoms with Crippen LogP contribution < -0.4 is 20.3 Å². The lowest BCUT2D eigenvalue weighted by atomic mass is 10.2. The zero-order chi connectivity index (χ0) is 22.1. The van der Waals surface area contributed by atoms with Gasteiger partial charge in [0.25, 0.3) is 0 Å². The summed E-state index contributed by atoms with van der Waals surface area (Å²) in [6.45, 7) is 11.4. The number of methoxy groups -OCH3 is 1. The van der Waals surface area contributed by atoms with Crippen LogP contribution in [0.5, 0.6) is 5.75 Å². The fourth-order valence-electron chi connectivity index (χ4n) is 3.58. The molecule has 0 spiro atoms. The molecule has 1 aromatic heterocycles. The number of guanidine groups is 1. The summed E-state index contributed by atoms with van der Waals surface area (Å²) in [6.07, 6.45) is 1.10. The van der Waals surface area contributed by atoms with Crippen molar-refractivity contribution in [1.29, 1.82) is 0 Å². The fourth-order valence-corrected chi connectivity index (χ4v) is 4.48. The van der Waals surface area contributed by atoms with E-state index in [1.165, 1.54) is 5.69 Å². The number of hydrogen-bond donors (Lipinski definition) is 2. The molecule has 0 aliphatic carbocycles. The molecule has 3 rings (SSSR count). The Labute approximate surface area is 213 Å². The standard InChI is InChI=1S/C23H36N6OS.HI/c1-18(2)21-17-31-22(27-21)16-26-23(24-3)25-10-5-11-28-12-14-29(15-13-28)19-6-8-20(30-4)9-7-19;/h6-9,17-18H,5,10-16H2,1-4H3,(H2,24,25,26);1H. The number of hydrogen-bond acceptors (Lipinski definition) is 6. The molecule has 2 N–H and O–H groups in total. The summed E-state index contributed by atoms with van der Waals surface area (Å²) in [5.74, 6) is 2.22. The Balaban J connectivity index is 0.00000363. The van der Waals surface area contributed by atoms with Crippen LogP contribution >= 0.6 is 35.3 Å². The molecule has 0 radical (unpaired) electrons. The largest absolute Gasteiger partial charge is 0.497 e. The number of aliphatic imine (C=N–C) groups is 1. The van der Waals surface area contributed by atoms with Crippen LogP contribution in [-0.2, 0) is 6.54 Å². The summed E-state index contributed by atoms with van der Waals surface area (Å²) in [4.78, 5) is 14.0. The van der Waals surface area contributed by atoms with E-state index in [1.807, 2.05) is 19.2 Å². The molecule has 0 bridgehead atoms. The van der Waals surface area contributed by atoms with E-state index in [0.29, 0.717) is 12.5 Å². The Kier molecular flexibility index (Phi) is 11.5. The third-order valence-electron chi connectivity index (χ3n) is 5.55. The molecule has 7 nitrogen and oxygen atoms in total. The summed E-state index contributed by atoms with van der Waals surface area (Å²) in [6, 6.07) is 8.36. The Bertz CT molecular complexity index is 818. The lowest BCUT2D eigenvalue weighted by Crippen LogP contribution is -2.47. The molecule has 1 aromatic carbocycles. The average molecular weight is 573 g/mol. The highest BCUT2D eigenvalue weighted by molar-refractivity contribution is 14.0. The van der Waals surface area contributed by atoms with Crippen molar-refractivity contribution in [1.82, 2.24) is 20.5 Å². The minimum absolute atomic E-state index is 0. The molecule has 2 heterocycles. The summed E-state index contributed by atoms with van der Waals surface area (Å²) >= 11 is 1.70. The fraction of sp³-hybridized carbons (Fsp3) is 0.565. The number of ether oxygens (including phenoxy) is 1. The number of anilines is 1. The third-order valence-corrected chi connectivity index (χ3v) is 6.41.